The van der Waals surface area contributed by atoms with E-state index >= 15 is 0 Å². The van der Waals surface area contributed by atoms with Crippen molar-refractivity contribution in [2.75, 3.05) is 0 Å². The number of nitrogens with zero attached hydrogens (tertiary/aromatic N) is 2. The van der Waals surface area contributed by atoms with Crippen molar-refractivity contribution in [1.82, 2.24) is 4.98 Å². The van der Waals surface area contributed by atoms with Crippen LogP contribution >= 0.6 is 50.7 Å². The summed E-state index contributed by atoms with van der Waals surface area (Å²) in [5.41, 5.74) is -0.393. The molecule has 0 amide bonds. The van der Waals surface area contributed by atoms with Crippen LogP contribution in [0.5, 0.6) is 0 Å². The van der Waals surface area contributed by atoms with Crippen LogP contribution in [0.2, 0.25) is 15.2 Å². The van der Waals surface area contributed by atoms with Crippen LogP contribution in [0.1, 0.15) is 0 Å². The Morgan fingerprint density at radius 1 is 1.31 bits per heavy atom. The summed E-state index contributed by atoms with van der Waals surface area (Å²) in [5.74, 6) is 0. The van der Waals surface area contributed by atoms with Gasteiger partial charge in [0.05, 0.1) is 4.92 Å². The van der Waals surface area contributed by atoms with E-state index in [1.54, 1.807) is 0 Å². The normalized spacial score (nSPS) is 10.2. The van der Waals surface area contributed by atoms with E-state index in [0.29, 0.717) is 0 Å². The van der Waals surface area contributed by atoms with E-state index in [4.69, 9.17) is 34.8 Å². The van der Waals surface area contributed by atoms with Gasteiger partial charge in [-0.1, -0.05) is 34.8 Å². The maximum atomic E-state index is 10.5. The maximum Gasteiger partial charge on any atom is 0.322 e. The van der Waals surface area contributed by atoms with E-state index in [1.165, 1.54) is 0 Å². The Kier molecular flexibility index (Phi) is 3.34. The van der Waals surface area contributed by atoms with Gasteiger partial charge in [0, 0.05) is 0 Å². The van der Waals surface area contributed by atoms with Gasteiger partial charge in [-0.3, -0.25) is 10.1 Å². The molecule has 0 fully saturated rings. The van der Waals surface area contributed by atoms with Gasteiger partial charge in [-0.05, 0) is 15.9 Å². The average Bonchev–Trinajstić information content (AvgIpc) is 1.99. The SMILES string of the molecule is O=[N+]([O-])c1c(Br)nc(Cl)c(Cl)c1Cl. The van der Waals surface area contributed by atoms with Crippen LogP contribution in [-0.4, -0.2) is 9.91 Å². The van der Waals surface area contributed by atoms with Crippen LogP contribution in [0.15, 0.2) is 4.60 Å². The lowest BCUT2D eigenvalue weighted by molar-refractivity contribution is -0.385. The Labute approximate surface area is 96.1 Å². The predicted molar refractivity (Wildman–Crippen MR) is 53.6 cm³/mol. The van der Waals surface area contributed by atoms with Crippen LogP contribution < -0.4 is 0 Å². The molecule has 0 N–H and O–H groups in total. The molecular weight excluding hydrogens is 306 g/mol. The van der Waals surface area contributed by atoms with Crippen LogP contribution in [0.3, 0.4) is 0 Å². The first-order valence-corrected chi connectivity index (χ1v) is 4.72. The van der Waals surface area contributed by atoms with Gasteiger partial charge < -0.3 is 0 Å². The highest BCUT2D eigenvalue weighted by Gasteiger charge is 2.23. The van der Waals surface area contributed by atoms with Crippen molar-refractivity contribution in [2.24, 2.45) is 0 Å². The number of rotatable bonds is 1. The number of hydrogen-bond acceptors (Lipinski definition) is 3. The first-order valence-electron chi connectivity index (χ1n) is 2.79. The van der Waals surface area contributed by atoms with Gasteiger partial charge in [0.25, 0.3) is 0 Å². The molecule has 13 heavy (non-hydrogen) atoms. The van der Waals surface area contributed by atoms with E-state index in [2.05, 4.69) is 20.9 Å². The lowest BCUT2D eigenvalue weighted by atomic mass is 10.4. The molecule has 0 aliphatic heterocycles. The molecule has 1 heterocycles. The fourth-order valence-electron chi connectivity index (χ4n) is 0.629. The molecule has 0 aromatic carbocycles. The number of aromatic nitrogens is 1. The lowest BCUT2D eigenvalue weighted by Crippen LogP contribution is -1.94. The molecule has 0 saturated carbocycles. The summed E-state index contributed by atoms with van der Waals surface area (Å²) in [6, 6.07) is 0. The molecule has 0 atom stereocenters. The number of nitro groups is 1. The fourth-order valence-corrected chi connectivity index (χ4v) is 1.97. The minimum absolute atomic E-state index is 0.0445. The second-order valence-corrected chi connectivity index (χ2v) is 3.79. The van der Waals surface area contributed by atoms with Crippen molar-refractivity contribution in [3.8, 4) is 0 Å². The molecule has 0 bridgehead atoms. The van der Waals surface area contributed by atoms with E-state index in [0.717, 1.165) is 0 Å². The minimum Gasteiger partial charge on any atom is -0.258 e. The first kappa shape index (κ1) is 11.0. The highest BCUT2D eigenvalue weighted by atomic mass is 79.9. The van der Waals surface area contributed by atoms with Crippen molar-refractivity contribution in [2.45, 2.75) is 0 Å². The molecule has 0 spiro atoms. The first-order chi connectivity index (χ1) is 5.95. The number of halogens is 4. The summed E-state index contributed by atoms with van der Waals surface area (Å²) < 4.78 is -0.0445. The summed E-state index contributed by atoms with van der Waals surface area (Å²) in [6.45, 7) is 0. The van der Waals surface area contributed by atoms with E-state index in [-0.39, 0.29) is 19.8 Å². The van der Waals surface area contributed by atoms with E-state index in [1.807, 2.05) is 0 Å². The quantitative estimate of drug-likeness (QED) is 0.451. The molecule has 1 aromatic heterocycles. The van der Waals surface area contributed by atoms with Crippen molar-refractivity contribution in [3.63, 3.8) is 0 Å². The summed E-state index contributed by atoms with van der Waals surface area (Å²) in [5, 5.41) is 10.0. The zero-order valence-corrected chi connectivity index (χ0v) is 9.58. The van der Waals surface area contributed by atoms with Crippen molar-refractivity contribution < 1.29 is 4.92 Å². The molecule has 1 rings (SSSR count). The molecule has 0 aliphatic rings. The number of pyridine rings is 1. The van der Waals surface area contributed by atoms with Gasteiger partial charge in [0.15, 0.2) is 9.76 Å². The van der Waals surface area contributed by atoms with Gasteiger partial charge in [0.2, 0.25) is 0 Å². The molecule has 1 aromatic rings. The Morgan fingerprint density at radius 3 is 2.31 bits per heavy atom. The summed E-state index contributed by atoms with van der Waals surface area (Å²) >= 11 is 19.5. The minimum atomic E-state index is -0.693. The summed E-state index contributed by atoms with van der Waals surface area (Å²) in [7, 11) is 0. The Hall–Kier alpha value is -0.100. The monoisotopic (exact) mass is 304 g/mol. The Balaban J connectivity index is 3.53. The smallest absolute Gasteiger partial charge is 0.258 e. The highest BCUT2D eigenvalue weighted by Crippen LogP contribution is 2.39. The third kappa shape index (κ3) is 2.04. The van der Waals surface area contributed by atoms with E-state index in [9.17, 15) is 10.1 Å². The molecule has 0 aliphatic carbocycles. The zero-order valence-electron chi connectivity index (χ0n) is 5.72. The van der Waals surface area contributed by atoms with E-state index < -0.39 is 10.6 Å². The maximum absolute atomic E-state index is 10.5. The van der Waals surface area contributed by atoms with Gasteiger partial charge in [-0.2, -0.15) is 0 Å². The molecule has 0 saturated heterocycles. The van der Waals surface area contributed by atoms with Crippen LogP contribution in [0.4, 0.5) is 5.69 Å². The van der Waals surface area contributed by atoms with Crippen molar-refractivity contribution in [1.29, 1.82) is 0 Å². The van der Waals surface area contributed by atoms with Crippen LogP contribution in [0.25, 0.3) is 0 Å². The molecule has 8 heteroatoms. The van der Waals surface area contributed by atoms with Crippen LogP contribution in [-0.2, 0) is 0 Å². The van der Waals surface area contributed by atoms with Gasteiger partial charge in [0.1, 0.15) is 10.0 Å². The van der Waals surface area contributed by atoms with Crippen molar-refractivity contribution in [3.05, 3.63) is 29.9 Å². The standard InChI is InChI=1S/C5BrCl3N2O2/c6-4-3(11(12)13)1(7)2(8)5(9)10-4. The average molecular weight is 306 g/mol. The topological polar surface area (TPSA) is 56.0 Å². The Morgan fingerprint density at radius 2 is 1.85 bits per heavy atom. The third-order valence-electron chi connectivity index (χ3n) is 1.16. The predicted octanol–water partition coefficient (Wildman–Crippen LogP) is 3.71. The van der Waals surface area contributed by atoms with Gasteiger partial charge in [-0.25, -0.2) is 4.98 Å². The molecule has 70 valence electrons. The second kappa shape index (κ2) is 3.96. The molecule has 4 nitrogen and oxygen atoms in total. The molecular formula is C5BrCl3N2O2. The largest absolute Gasteiger partial charge is 0.322 e. The molecule has 0 unspecified atom stereocenters. The number of hydrogen-bond donors (Lipinski definition) is 0. The van der Waals surface area contributed by atoms with Crippen molar-refractivity contribution >= 4 is 56.4 Å². The van der Waals surface area contributed by atoms with Crippen LogP contribution in [0, 0.1) is 10.1 Å². The second-order valence-electron chi connectivity index (χ2n) is 1.93. The highest BCUT2D eigenvalue weighted by molar-refractivity contribution is 9.10. The third-order valence-corrected chi connectivity index (χ3v) is 2.91. The summed E-state index contributed by atoms with van der Waals surface area (Å²) in [6.07, 6.45) is 0. The fraction of sp³-hybridized carbons (Fsp3) is 0. The summed E-state index contributed by atoms with van der Waals surface area (Å²) in [4.78, 5) is 13.3. The Bertz CT molecular complexity index is 385. The zero-order chi connectivity index (χ0) is 10.2. The van der Waals surface area contributed by atoms with Gasteiger partial charge in [-0.15, -0.1) is 0 Å². The lowest BCUT2D eigenvalue weighted by Gasteiger charge is -2.00. The molecule has 0 radical (unpaired) electrons. The van der Waals surface area contributed by atoms with Gasteiger partial charge >= 0.3 is 5.69 Å².